The molecule has 7 heteroatoms. The number of rotatable bonds is 5. The van der Waals surface area contributed by atoms with Crippen molar-refractivity contribution in [2.24, 2.45) is 0 Å². The van der Waals surface area contributed by atoms with E-state index in [1.807, 2.05) is 30.3 Å². The second-order valence-electron chi connectivity index (χ2n) is 5.71. The summed E-state index contributed by atoms with van der Waals surface area (Å²) in [5, 5.41) is 13.5. The first-order valence-corrected chi connectivity index (χ1v) is 7.95. The molecule has 2 aromatic carbocycles. The second kappa shape index (κ2) is 7.52. The van der Waals surface area contributed by atoms with Gasteiger partial charge in [-0.05, 0) is 18.6 Å². The van der Waals surface area contributed by atoms with E-state index in [0.29, 0.717) is 29.2 Å². The molecule has 0 unspecified atom stereocenters. The lowest BCUT2D eigenvalue weighted by molar-refractivity contribution is -0.384. The number of anilines is 1. The molecule has 0 aliphatic rings. The summed E-state index contributed by atoms with van der Waals surface area (Å²) >= 11 is 0. The number of nitro benzene ring substituents is 1. The van der Waals surface area contributed by atoms with Crippen LogP contribution < -0.4 is 5.32 Å². The van der Waals surface area contributed by atoms with Gasteiger partial charge in [-0.15, -0.1) is 0 Å². The Morgan fingerprint density at radius 1 is 1.15 bits per heavy atom. The molecule has 0 radical (unpaired) electrons. The third kappa shape index (κ3) is 4.07. The lowest BCUT2D eigenvalue weighted by Crippen LogP contribution is -2.15. The second-order valence-corrected chi connectivity index (χ2v) is 5.71. The Balaban J connectivity index is 1.75. The van der Waals surface area contributed by atoms with Crippen molar-refractivity contribution >= 4 is 17.3 Å². The molecule has 130 valence electrons. The fourth-order valence-electron chi connectivity index (χ4n) is 2.50. The number of hydrogen-bond donors (Lipinski definition) is 1. The van der Waals surface area contributed by atoms with Gasteiger partial charge in [0.25, 0.3) is 11.6 Å². The zero-order valence-corrected chi connectivity index (χ0v) is 14.0. The van der Waals surface area contributed by atoms with Gasteiger partial charge in [-0.3, -0.25) is 14.9 Å². The summed E-state index contributed by atoms with van der Waals surface area (Å²) in [5.74, 6) is 0.217. The molecular formula is C19H16N4O3. The molecule has 3 aromatic rings. The van der Waals surface area contributed by atoms with Crippen LogP contribution in [0.1, 0.15) is 27.4 Å². The molecule has 1 aromatic heterocycles. The molecule has 0 saturated carbocycles. The highest BCUT2D eigenvalue weighted by molar-refractivity contribution is 6.04. The zero-order valence-electron chi connectivity index (χ0n) is 14.0. The predicted molar refractivity (Wildman–Crippen MR) is 97.1 cm³/mol. The standard InChI is InChI=1S/C19H16N4O3/c1-13-17(12-20-18(21-13)10-14-6-3-2-4-7-14)19(24)22-15-8-5-9-16(11-15)23(25)26/h2-9,11-12H,10H2,1H3,(H,22,24). The third-order valence-corrected chi connectivity index (χ3v) is 3.79. The van der Waals surface area contributed by atoms with Crippen molar-refractivity contribution in [3.8, 4) is 0 Å². The van der Waals surface area contributed by atoms with Crippen LogP contribution in [0.5, 0.6) is 0 Å². The van der Waals surface area contributed by atoms with E-state index in [1.54, 1.807) is 13.0 Å². The first-order chi connectivity index (χ1) is 12.5. The Hall–Kier alpha value is -3.61. The van der Waals surface area contributed by atoms with Gasteiger partial charge in [0, 0.05) is 30.4 Å². The summed E-state index contributed by atoms with van der Waals surface area (Å²) < 4.78 is 0. The monoisotopic (exact) mass is 348 g/mol. The van der Waals surface area contributed by atoms with E-state index in [9.17, 15) is 14.9 Å². The highest BCUT2D eigenvalue weighted by Crippen LogP contribution is 2.18. The number of amides is 1. The normalized spacial score (nSPS) is 10.3. The maximum atomic E-state index is 12.4. The number of carbonyl (C=O) groups excluding carboxylic acids is 1. The summed E-state index contributed by atoms with van der Waals surface area (Å²) in [6.45, 7) is 1.73. The lowest BCUT2D eigenvalue weighted by Gasteiger charge is -2.08. The van der Waals surface area contributed by atoms with Gasteiger partial charge >= 0.3 is 0 Å². The summed E-state index contributed by atoms with van der Waals surface area (Å²) in [6.07, 6.45) is 2.06. The van der Waals surface area contributed by atoms with E-state index in [2.05, 4.69) is 15.3 Å². The first-order valence-electron chi connectivity index (χ1n) is 7.95. The molecule has 1 heterocycles. The van der Waals surface area contributed by atoms with E-state index in [-0.39, 0.29) is 5.69 Å². The molecule has 0 bridgehead atoms. The average Bonchev–Trinajstić information content (AvgIpc) is 2.63. The minimum atomic E-state index is -0.512. The van der Waals surface area contributed by atoms with Crippen LogP contribution in [0.25, 0.3) is 0 Å². The van der Waals surface area contributed by atoms with Crippen LogP contribution in [-0.4, -0.2) is 20.8 Å². The number of benzene rings is 2. The smallest absolute Gasteiger partial charge is 0.271 e. The summed E-state index contributed by atoms with van der Waals surface area (Å²) in [6, 6.07) is 15.6. The fraction of sp³-hybridized carbons (Fsp3) is 0.105. The fourth-order valence-corrected chi connectivity index (χ4v) is 2.50. The Bertz CT molecular complexity index is 958. The highest BCUT2D eigenvalue weighted by Gasteiger charge is 2.14. The van der Waals surface area contributed by atoms with E-state index >= 15 is 0 Å². The Labute approximate surface area is 149 Å². The van der Waals surface area contributed by atoms with Crippen molar-refractivity contribution in [3.63, 3.8) is 0 Å². The molecular weight excluding hydrogens is 332 g/mol. The molecule has 3 rings (SSSR count). The topological polar surface area (TPSA) is 98.0 Å². The van der Waals surface area contributed by atoms with Crippen LogP contribution in [0.3, 0.4) is 0 Å². The van der Waals surface area contributed by atoms with Crippen LogP contribution in [0.2, 0.25) is 0 Å². The summed E-state index contributed by atoms with van der Waals surface area (Å²) in [5.41, 5.74) is 2.22. The van der Waals surface area contributed by atoms with E-state index in [4.69, 9.17) is 0 Å². The van der Waals surface area contributed by atoms with Gasteiger partial charge in [-0.25, -0.2) is 9.97 Å². The molecule has 0 aliphatic heterocycles. The van der Waals surface area contributed by atoms with Gasteiger partial charge in [0.05, 0.1) is 16.2 Å². The predicted octanol–water partition coefficient (Wildman–Crippen LogP) is 3.54. The number of aryl methyl sites for hydroxylation is 1. The van der Waals surface area contributed by atoms with Crippen LogP contribution >= 0.6 is 0 Å². The van der Waals surface area contributed by atoms with E-state index < -0.39 is 10.8 Å². The lowest BCUT2D eigenvalue weighted by atomic mass is 10.1. The minimum Gasteiger partial charge on any atom is -0.322 e. The Kier molecular flexibility index (Phi) is 4.98. The van der Waals surface area contributed by atoms with Crippen molar-refractivity contribution in [3.05, 3.63) is 93.6 Å². The number of hydrogen-bond acceptors (Lipinski definition) is 5. The van der Waals surface area contributed by atoms with Gasteiger partial charge in [0.1, 0.15) is 5.82 Å². The number of nitro groups is 1. The molecule has 1 N–H and O–H groups in total. The van der Waals surface area contributed by atoms with Crippen LogP contribution in [0.4, 0.5) is 11.4 Å². The SMILES string of the molecule is Cc1nc(Cc2ccccc2)ncc1C(=O)Nc1cccc([N+](=O)[O-])c1. The molecule has 7 nitrogen and oxygen atoms in total. The largest absolute Gasteiger partial charge is 0.322 e. The third-order valence-electron chi connectivity index (χ3n) is 3.79. The molecule has 1 amide bonds. The van der Waals surface area contributed by atoms with Crippen LogP contribution in [-0.2, 0) is 6.42 Å². The number of nitrogens with zero attached hydrogens (tertiary/aromatic N) is 3. The molecule has 0 aliphatic carbocycles. The van der Waals surface area contributed by atoms with Gasteiger partial charge < -0.3 is 5.32 Å². The van der Waals surface area contributed by atoms with E-state index in [0.717, 1.165) is 5.56 Å². The van der Waals surface area contributed by atoms with Crippen molar-refractivity contribution in [1.29, 1.82) is 0 Å². The molecule has 26 heavy (non-hydrogen) atoms. The average molecular weight is 348 g/mol. The number of aromatic nitrogens is 2. The van der Waals surface area contributed by atoms with Crippen molar-refractivity contribution < 1.29 is 9.72 Å². The van der Waals surface area contributed by atoms with Gasteiger partial charge in [0.2, 0.25) is 0 Å². The van der Waals surface area contributed by atoms with Gasteiger partial charge in [-0.1, -0.05) is 36.4 Å². The van der Waals surface area contributed by atoms with Crippen molar-refractivity contribution in [2.45, 2.75) is 13.3 Å². The quantitative estimate of drug-likeness (QED) is 0.562. The highest BCUT2D eigenvalue weighted by atomic mass is 16.6. The van der Waals surface area contributed by atoms with Gasteiger partial charge in [-0.2, -0.15) is 0 Å². The van der Waals surface area contributed by atoms with Crippen molar-refractivity contribution in [1.82, 2.24) is 9.97 Å². The molecule has 0 spiro atoms. The Morgan fingerprint density at radius 3 is 2.62 bits per heavy atom. The Morgan fingerprint density at radius 2 is 1.92 bits per heavy atom. The maximum Gasteiger partial charge on any atom is 0.271 e. The van der Waals surface area contributed by atoms with Crippen molar-refractivity contribution in [2.75, 3.05) is 5.32 Å². The number of carbonyl (C=O) groups is 1. The van der Waals surface area contributed by atoms with Crippen LogP contribution in [0.15, 0.2) is 60.8 Å². The molecule has 0 saturated heterocycles. The zero-order chi connectivity index (χ0) is 18.5. The van der Waals surface area contributed by atoms with E-state index in [1.165, 1.54) is 24.4 Å². The maximum absolute atomic E-state index is 12.4. The number of non-ortho nitro benzene ring substituents is 1. The van der Waals surface area contributed by atoms with Crippen LogP contribution in [0, 0.1) is 17.0 Å². The summed E-state index contributed by atoms with van der Waals surface area (Å²) in [4.78, 5) is 31.4. The van der Waals surface area contributed by atoms with Gasteiger partial charge in [0.15, 0.2) is 0 Å². The number of nitrogens with one attached hydrogen (secondary N) is 1. The molecule has 0 fully saturated rings. The summed E-state index contributed by atoms with van der Waals surface area (Å²) in [7, 11) is 0. The first kappa shape index (κ1) is 17.2. The minimum absolute atomic E-state index is 0.0889. The molecule has 0 atom stereocenters.